The number of rotatable bonds is 6. The number of hydrogen-bond donors (Lipinski definition) is 1. The summed E-state index contributed by atoms with van der Waals surface area (Å²) in [5, 5.41) is 7.42. The lowest BCUT2D eigenvalue weighted by molar-refractivity contribution is -0.134. The van der Waals surface area contributed by atoms with Crippen LogP contribution in [0.4, 0.5) is 0 Å². The van der Waals surface area contributed by atoms with Crippen LogP contribution in [0, 0.1) is 13.8 Å². The van der Waals surface area contributed by atoms with Crippen molar-refractivity contribution in [3.8, 4) is 0 Å². The lowest BCUT2D eigenvalue weighted by Gasteiger charge is -2.31. The lowest BCUT2D eigenvalue weighted by atomic mass is 10.0. The summed E-state index contributed by atoms with van der Waals surface area (Å²) in [4.78, 5) is 19.6. The first-order valence-electron chi connectivity index (χ1n) is 9.47. The van der Waals surface area contributed by atoms with Crippen molar-refractivity contribution in [1.82, 2.24) is 20.4 Å². The van der Waals surface area contributed by atoms with E-state index in [2.05, 4.69) is 15.5 Å². The lowest BCUT2D eigenvalue weighted by Crippen LogP contribution is -2.40. The molecule has 0 aromatic carbocycles. The second kappa shape index (κ2) is 10.4. The molecule has 1 aliphatic heterocycles. The summed E-state index contributed by atoms with van der Waals surface area (Å²) in [5.74, 6) is 0.993. The Balaban J connectivity index is 0.00000261. The van der Waals surface area contributed by atoms with Gasteiger partial charge in [0.1, 0.15) is 5.76 Å². The van der Waals surface area contributed by atoms with Crippen LogP contribution in [0.15, 0.2) is 28.9 Å². The van der Waals surface area contributed by atoms with E-state index in [4.69, 9.17) is 4.52 Å². The van der Waals surface area contributed by atoms with Gasteiger partial charge in [-0.1, -0.05) is 11.2 Å². The van der Waals surface area contributed by atoms with Crippen LogP contribution in [0.25, 0.3) is 0 Å². The minimum Gasteiger partial charge on any atom is -0.361 e. The number of nitrogens with one attached hydrogen (secondary N) is 1. The summed E-state index contributed by atoms with van der Waals surface area (Å²) in [6.45, 7) is 6.40. The SMILES string of the molecule is Cc1noc(C)c1CCC(=O)N(Cc1ccccn1)C1CCCNCC1.Cl. The first kappa shape index (κ1) is 21.4. The number of aromatic nitrogens is 2. The molecule has 1 aliphatic rings. The second-order valence-corrected chi connectivity index (χ2v) is 6.98. The third kappa shape index (κ3) is 5.78. The van der Waals surface area contributed by atoms with Gasteiger partial charge in [-0.2, -0.15) is 0 Å². The molecule has 0 bridgehead atoms. The molecule has 1 saturated heterocycles. The van der Waals surface area contributed by atoms with E-state index in [1.807, 2.05) is 36.9 Å². The molecule has 148 valence electrons. The number of nitrogens with zero attached hydrogens (tertiary/aromatic N) is 3. The zero-order valence-electron chi connectivity index (χ0n) is 16.1. The molecule has 6 nitrogen and oxygen atoms in total. The molecule has 1 unspecified atom stereocenters. The smallest absolute Gasteiger partial charge is 0.223 e. The number of halogens is 1. The molecule has 0 aliphatic carbocycles. The van der Waals surface area contributed by atoms with Gasteiger partial charge in [0.05, 0.1) is 17.9 Å². The highest BCUT2D eigenvalue weighted by atomic mass is 35.5. The first-order chi connectivity index (χ1) is 12.6. The molecule has 3 rings (SSSR count). The van der Waals surface area contributed by atoms with Gasteiger partial charge in [-0.25, -0.2) is 0 Å². The first-order valence-corrected chi connectivity index (χ1v) is 9.47. The van der Waals surface area contributed by atoms with Gasteiger partial charge in [-0.3, -0.25) is 9.78 Å². The molecule has 1 N–H and O–H groups in total. The van der Waals surface area contributed by atoms with E-state index in [1.54, 1.807) is 6.20 Å². The van der Waals surface area contributed by atoms with Gasteiger partial charge in [-0.05, 0) is 64.8 Å². The summed E-state index contributed by atoms with van der Waals surface area (Å²) in [7, 11) is 0. The van der Waals surface area contributed by atoms with Gasteiger partial charge < -0.3 is 14.7 Å². The normalized spacial score (nSPS) is 17.0. The Hall–Kier alpha value is -1.92. The van der Waals surface area contributed by atoms with Crippen molar-refractivity contribution in [2.45, 2.75) is 58.5 Å². The Morgan fingerprint density at radius 2 is 2.15 bits per heavy atom. The molecule has 1 amide bonds. The number of carbonyl (C=O) groups excluding carboxylic acids is 1. The number of aryl methyl sites for hydroxylation is 2. The molecule has 27 heavy (non-hydrogen) atoms. The fourth-order valence-electron chi connectivity index (χ4n) is 3.63. The molecule has 0 radical (unpaired) electrons. The quantitative estimate of drug-likeness (QED) is 0.817. The fourth-order valence-corrected chi connectivity index (χ4v) is 3.63. The third-order valence-electron chi connectivity index (χ3n) is 5.13. The molecule has 1 fully saturated rings. The van der Waals surface area contributed by atoms with E-state index in [0.717, 1.165) is 55.1 Å². The van der Waals surface area contributed by atoms with Crippen molar-refractivity contribution < 1.29 is 9.32 Å². The van der Waals surface area contributed by atoms with Crippen LogP contribution in [0.2, 0.25) is 0 Å². The second-order valence-electron chi connectivity index (χ2n) is 6.98. The molecule has 2 aromatic rings. The molecule has 0 spiro atoms. The van der Waals surface area contributed by atoms with Crippen LogP contribution >= 0.6 is 12.4 Å². The Kier molecular flexibility index (Phi) is 8.25. The van der Waals surface area contributed by atoms with Crippen LogP contribution in [0.1, 0.15) is 48.4 Å². The molecule has 1 atom stereocenters. The van der Waals surface area contributed by atoms with E-state index >= 15 is 0 Å². The summed E-state index contributed by atoms with van der Waals surface area (Å²) in [6, 6.07) is 6.14. The van der Waals surface area contributed by atoms with Crippen molar-refractivity contribution in [2.24, 2.45) is 0 Å². The van der Waals surface area contributed by atoms with E-state index in [-0.39, 0.29) is 24.4 Å². The molecule has 0 saturated carbocycles. The maximum atomic E-state index is 13.1. The van der Waals surface area contributed by atoms with Crippen molar-refractivity contribution in [2.75, 3.05) is 13.1 Å². The van der Waals surface area contributed by atoms with Crippen molar-refractivity contribution in [3.05, 3.63) is 47.1 Å². The van der Waals surface area contributed by atoms with E-state index in [1.165, 1.54) is 0 Å². The van der Waals surface area contributed by atoms with Crippen LogP contribution in [0.5, 0.6) is 0 Å². The maximum absolute atomic E-state index is 13.1. The van der Waals surface area contributed by atoms with E-state index in [0.29, 0.717) is 19.4 Å². The summed E-state index contributed by atoms with van der Waals surface area (Å²) < 4.78 is 5.22. The standard InChI is InChI=1S/C20H28N4O2.ClH/c1-15-19(16(2)26-23-15)8-9-20(25)24(14-17-6-3-4-12-22-17)18-7-5-11-21-13-10-18;/h3-4,6,12,18,21H,5,7-11,13-14H2,1-2H3;1H. The number of carbonyl (C=O) groups is 1. The minimum absolute atomic E-state index is 0. The van der Waals surface area contributed by atoms with E-state index < -0.39 is 0 Å². The number of hydrogen-bond acceptors (Lipinski definition) is 5. The third-order valence-corrected chi connectivity index (χ3v) is 5.13. The Bertz CT molecular complexity index is 693. The average molecular weight is 393 g/mol. The van der Waals surface area contributed by atoms with Crippen molar-refractivity contribution in [1.29, 1.82) is 0 Å². The topological polar surface area (TPSA) is 71.3 Å². The summed E-state index contributed by atoms with van der Waals surface area (Å²) in [5.41, 5.74) is 2.87. The van der Waals surface area contributed by atoms with Gasteiger partial charge in [-0.15, -0.1) is 12.4 Å². The van der Waals surface area contributed by atoms with Crippen molar-refractivity contribution in [3.63, 3.8) is 0 Å². The van der Waals surface area contributed by atoms with Crippen LogP contribution in [0.3, 0.4) is 0 Å². The van der Waals surface area contributed by atoms with Gasteiger partial charge in [0, 0.05) is 24.2 Å². The van der Waals surface area contributed by atoms with Crippen LogP contribution < -0.4 is 5.32 Å². The summed E-state index contributed by atoms with van der Waals surface area (Å²) in [6.07, 6.45) is 6.06. The monoisotopic (exact) mass is 392 g/mol. The highest BCUT2D eigenvalue weighted by Crippen LogP contribution is 2.20. The largest absolute Gasteiger partial charge is 0.361 e. The van der Waals surface area contributed by atoms with E-state index in [9.17, 15) is 4.79 Å². The molecule has 7 heteroatoms. The van der Waals surface area contributed by atoms with Crippen LogP contribution in [-0.4, -0.2) is 40.1 Å². The molecular weight excluding hydrogens is 364 g/mol. The molecular formula is C20H29ClN4O2. The van der Waals surface area contributed by atoms with Gasteiger partial charge in [0.25, 0.3) is 0 Å². The average Bonchev–Trinajstić information content (AvgIpc) is 2.84. The van der Waals surface area contributed by atoms with Gasteiger partial charge >= 0.3 is 0 Å². The maximum Gasteiger partial charge on any atom is 0.223 e. The molecule has 3 heterocycles. The molecule has 2 aromatic heterocycles. The minimum atomic E-state index is 0. The highest BCUT2D eigenvalue weighted by Gasteiger charge is 2.25. The van der Waals surface area contributed by atoms with Gasteiger partial charge in [0.2, 0.25) is 5.91 Å². The Labute approximate surface area is 167 Å². The Morgan fingerprint density at radius 3 is 2.85 bits per heavy atom. The zero-order chi connectivity index (χ0) is 18.4. The highest BCUT2D eigenvalue weighted by molar-refractivity contribution is 5.85. The zero-order valence-corrected chi connectivity index (χ0v) is 16.9. The number of pyridine rings is 1. The predicted octanol–water partition coefficient (Wildman–Crippen LogP) is 3.21. The predicted molar refractivity (Wildman–Crippen MR) is 107 cm³/mol. The van der Waals surface area contributed by atoms with Gasteiger partial charge in [0.15, 0.2) is 0 Å². The van der Waals surface area contributed by atoms with Crippen molar-refractivity contribution >= 4 is 18.3 Å². The Morgan fingerprint density at radius 1 is 1.30 bits per heavy atom. The fraction of sp³-hybridized carbons (Fsp3) is 0.550. The van der Waals surface area contributed by atoms with Crippen LogP contribution in [-0.2, 0) is 17.8 Å². The summed E-state index contributed by atoms with van der Waals surface area (Å²) >= 11 is 0. The number of amides is 1.